The number of nitrogens with zero attached hydrogens (tertiary/aromatic N) is 2. The lowest BCUT2D eigenvalue weighted by Gasteiger charge is -2.41. The molecule has 140 valence electrons. The first-order valence-corrected chi connectivity index (χ1v) is 10.0. The number of carbonyl (C=O) groups excluding carboxylic acids is 1. The van der Waals surface area contributed by atoms with E-state index in [2.05, 4.69) is 15.9 Å². The number of hydrogen-bond donors (Lipinski definition) is 1. The van der Waals surface area contributed by atoms with Crippen molar-refractivity contribution in [3.63, 3.8) is 0 Å². The van der Waals surface area contributed by atoms with E-state index in [-0.39, 0.29) is 23.2 Å². The van der Waals surface area contributed by atoms with Gasteiger partial charge in [-0.2, -0.15) is 0 Å². The van der Waals surface area contributed by atoms with Crippen LogP contribution in [0.2, 0.25) is 0 Å². The lowest BCUT2D eigenvalue weighted by atomic mass is 9.87. The predicted octanol–water partition coefficient (Wildman–Crippen LogP) is 3.10. The highest BCUT2D eigenvalue weighted by molar-refractivity contribution is 9.09. The normalized spacial score (nSPS) is 27.7. The molecular formula is C19H23BrN2O4. The van der Waals surface area contributed by atoms with Crippen molar-refractivity contribution in [3.8, 4) is 0 Å². The predicted molar refractivity (Wildman–Crippen MR) is 99.6 cm³/mol. The second kappa shape index (κ2) is 6.85. The molecule has 26 heavy (non-hydrogen) atoms. The van der Waals surface area contributed by atoms with Crippen molar-refractivity contribution in [1.82, 2.24) is 9.80 Å². The van der Waals surface area contributed by atoms with Gasteiger partial charge >= 0.3 is 12.0 Å². The van der Waals surface area contributed by atoms with E-state index in [0.29, 0.717) is 24.6 Å². The minimum atomic E-state index is -0.946. The van der Waals surface area contributed by atoms with Crippen molar-refractivity contribution >= 4 is 27.9 Å². The first-order valence-electron chi connectivity index (χ1n) is 9.12. The Morgan fingerprint density at radius 1 is 1.31 bits per heavy atom. The van der Waals surface area contributed by atoms with Gasteiger partial charge in [0.05, 0.1) is 11.1 Å². The van der Waals surface area contributed by atoms with Crippen LogP contribution in [-0.2, 0) is 11.3 Å². The molecule has 2 aliphatic heterocycles. The fourth-order valence-corrected chi connectivity index (χ4v) is 5.09. The van der Waals surface area contributed by atoms with Crippen molar-refractivity contribution in [2.45, 2.75) is 48.6 Å². The Hall–Kier alpha value is -1.60. The van der Waals surface area contributed by atoms with Gasteiger partial charge in [-0.1, -0.05) is 28.1 Å². The fourth-order valence-electron chi connectivity index (χ4n) is 4.28. The lowest BCUT2D eigenvalue weighted by molar-refractivity contribution is 0.00311. The van der Waals surface area contributed by atoms with Crippen LogP contribution in [0.3, 0.4) is 0 Å². The van der Waals surface area contributed by atoms with Gasteiger partial charge in [-0.05, 0) is 43.4 Å². The Labute approximate surface area is 161 Å². The van der Waals surface area contributed by atoms with Gasteiger partial charge in [0.1, 0.15) is 0 Å². The number of carboxylic acids is 1. The largest absolute Gasteiger partial charge is 0.478 e. The average Bonchev–Trinajstić information content (AvgIpc) is 2.87. The van der Waals surface area contributed by atoms with Crippen LogP contribution in [0.15, 0.2) is 24.3 Å². The lowest BCUT2D eigenvalue weighted by Crippen LogP contribution is -2.50. The van der Waals surface area contributed by atoms with Crippen LogP contribution >= 0.6 is 15.9 Å². The maximum absolute atomic E-state index is 13.3. The number of alkyl halides is 1. The fraction of sp³-hybridized carbons (Fsp3) is 0.579. The molecule has 1 aromatic rings. The summed E-state index contributed by atoms with van der Waals surface area (Å²) < 4.78 is 5.55. The van der Waals surface area contributed by atoms with Crippen molar-refractivity contribution < 1.29 is 19.4 Å². The molecule has 0 radical (unpaired) electrons. The zero-order chi connectivity index (χ0) is 18.3. The SMILES string of the molecule is O=C(O)c1cccc(CN2C(=O)N([C@H]3CCC3Br)CC23CCOCC3)c1. The second-order valence-corrected chi connectivity index (χ2v) is 8.68. The second-order valence-electron chi connectivity index (χ2n) is 7.50. The molecule has 3 aliphatic rings. The summed E-state index contributed by atoms with van der Waals surface area (Å²) in [7, 11) is 0. The topological polar surface area (TPSA) is 70.1 Å². The number of carboxylic acid groups (broad SMARTS) is 1. The molecule has 0 aromatic heterocycles. The summed E-state index contributed by atoms with van der Waals surface area (Å²) in [5.74, 6) is -0.946. The molecular weight excluding hydrogens is 400 g/mol. The Bertz CT molecular complexity index is 719. The van der Waals surface area contributed by atoms with E-state index in [1.165, 1.54) is 0 Å². The van der Waals surface area contributed by atoms with Crippen molar-refractivity contribution in [2.75, 3.05) is 19.8 Å². The van der Waals surface area contributed by atoms with Crippen LogP contribution in [0, 0.1) is 0 Å². The first kappa shape index (κ1) is 17.8. The number of halogens is 1. The molecule has 0 bridgehead atoms. The van der Waals surface area contributed by atoms with Crippen LogP contribution in [0.1, 0.15) is 41.6 Å². The minimum Gasteiger partial charge on any atom is -0.478 e. The smallest absolute Gasteiger partial charge is 0.335 e. The van der Waals surface area contributed by atoms with E-state index in [9.17, 15) is 14.7 Å². The van der Waals surface area contributed by atoms with Gasteiger partial charge in [-0.3, -0.25) is 0 Å². The molecule has 2 atom stereocenters. The summed E-state index contributed by atoms with van der Waals surface area (Å²) in [6.07, 6.45) is 3.79. The number of rotatable bonds is 4. The molecule has 1 aromatic carbocycles. The highest BCUT2D eigenvalue weighted by atomic mass is 79.9. The third-order valence-electron chi connectivity index (χ3n) is 6.01. The standard InChI is InChI=1S/C19H23BrN2O4/c20-15-4-5-16(15)21-12-19(6-8-26-9-7-19)22(18(21)25)11-13-2-1-3-14(10-13)17(23)24/h1-3,10,15-16H,4-9,11-12H2,(H,23,24)/t15?,16-/m0/s1. The molecule has 1 saturated carbocycles. The molecule has 7 heteroatoms. The third-order valence-corrected chi connectivity index (χ3v) is 7.08. The van der Waals surface area contributed by atoms with E-state index < -0.39 is 5.97 Å². The molecule has 3 fully saturated rings. The molecule has 4 rings (SSSR count). The number of ether oxygens (including phenoxy) is 1. The average molecular weight is 423 g/mol. The van der Waals surface area contributed by atoms with Gasteiger partial charge in [0.2, 0.25) is 0 Å². The van der Waals surface area contributed by atoms with E-state index in [1.807, 2.05) is 15.9 Å². The summed E-state index contributed by atoms with van der Waals surface area (Å²) in [6.45, 7) is 2.50. The van der Waals surface area contributed by atoms with Gasteiger partial charge < -0.3 is 19.6 Å². The zero-order valence-electron chi connectivity index (χ0n) is 14.6. The summed E-state index contributed by atoms with van der Waals surface area (Å²) in [5.41, 5.74) is 0.901. The number of urea groups is 1. The van der Waals surface area contributed by atoms with Crippen LogP contribution in [0.5, 0.6) is 0 Å². The molecule has 1 unspecified atom stereocenters. The van der Waals surface area contributed by atoms with Gasteiger partial charge in [0.15, 0.2) is 0 Å². The Morgan fingerprint density at radius 2 is 2.08 bits per heavy atom. The van der Waals surface area contributed by atoms with E-state index in [0.717, 1.165) is 37.8 Å². The molecule has 1 spiro atoms. The molecule has 2 saturated heterocycles. The Kier molecular flexibility index (Phi) is 4.69. The Morgan fingerprint density at radius 3 is 2.69 bits per heavy atom. The summed E-state index contributed by atoms with van der Waals surface area (Å²) in [5, 5.41) is 9.24. The zero-order valence-corrected chi connectivity index (χ0v) is 16.2. The van der Waals surface area contributed by atoms with Crippen molar-refractivity contribution in [3.05, 3.63) is 35.4 Å². The maximum Gasteiger partial charge on any atom is 0.335 e. The van der Waals surface area contributed by atoms with Gasteiger partial charge in [0, 0.05) is 37.2 Å². The summed E-state index contributed by atoms with van der Waals surface area (Å²) in [6, 6.07) is 7.22. The van der Waals surface area contributed by atoms with Gasteiger partial charge in [0.25, 0.3) is 0 Å². The van der Waals surface area contributed by atoms with Gasteiger partial charge in [-0.25, -0.2) is 9.59 Å². The number of carbonyl (C=O) groups is 2. The monoisotopic (exact) mass is 422 g/mol. The number of benzene rings is 1. The minimum absolute atomic E-state index is 0.0711. The molecule has 1 N–H and O–H groups in total. The highest BCUT2D eigenvalue weighted by Crippen LogP contribution is 2.42. The molecule has 2 amide bonds. The van der Waals surface area contributed by atoms with E-state index >= 15 is 0 Å². The van der Waals surface area contributed by atoms with Crippen LogP contribution in [0.4, 0.5) is 4.79 Å². The van der Waals surface area contributed by atoms with Crippen LogP contribution in [0.25, 0.3) is 0 Å². The first-order chi connectivity index (χ1) is 12.5. The van der Waals surface area contributed by atoms with Crippen molar-refractivity contribution in [1.29, 1.82) is 0 Å². The summed E-state index contributed by atoms with van der Waals surface area (Å²) >= 11 is 3.69. The summed E-state index contributed by atoms with van der Waals surface area (Å²) in [4.78, 5) is 28.9. The van der Waals surface area contributed by atoms with E-state index in [4.69, 9.17) is 4.74 Å². The van der Waals surface area contributed by atoms with Crippen molar-refractivity contribution in [2.24, 2.45) is 0 Å². The van der Waals surface area contributed by atoms with Crippen LogP contribution < -0.4 is 0 Å². The third kappa shape index (κ3) is 3.01. The number of amides is 2. The number of hydrogen-bond acceptors (Lipinski definition) is 3. The quantitative estimate of drug-likeness (QED) is 0.756. The molecule has 6 nitrogen and oxygen atoms in total. The number of aromatic carboxylic acids is 1. The Balaban J connectivity index is 1.61. The van der Waals surface area contributed by atoms with E-state index in [1.54, 1.807) is 18.2 Å². The maximum atomic E-state index is 13.3. The molecule has 2 heterocycles. The molecule has 1 aliphatic carbocycles. The van der Waals surface area contributed by atoms with Crippen LogP contribution in [-0.4, -0.2) is 63.1 Å². The highest BCUT2D eigenvalue weighted by Gasteiger charge is 2.53. The van der Waals surface area contributed by atoms with Gasteiger partial charge in [-0.15, -0.1) is 0 Å².